The number of carbonyl (C=O) groups excluding carboxylic acids is 1. The van der Waals surface area contributed by atoms with Crippen LogP contribution in [0.4, 0.5) is 5.69 Å². The van der Waals surface area contributed by atoms with Crippen LogP contribution in [0.15, 0.2) is 28.6 Å². The van der Waals surface area contributed by atoms with Crippen molar-refractivity contribution in [2.45, 2.75) is 5.03 Å². The van der Waals surface area contributed by atoms with E-state index in [2.05, 4.69) is 4.98 Å². The van der Waals surface area contributed by atoms with Crippen LogP contribution in [-0.4, -0.2) is 15.4 Å². The maximum Gasteiger partial charge on any atom is 0.260 e. The molecule has 0 unspecified atom stereocenters. The van der Waals surface area contributed by atoms with E-state index < -0.39 is 5.91 Å². The number of thiophene rings is 2. The Bertz CT molecular complexity index is 796. The summed E-state index contributed by atoms with van der Waals surface area (Å²) < 4.78 is 9.24. The van der Waals surface area contributed by atoms with Gasteiger partial charge in [-0.3, -0.25) is 4.79 Å². The predicted molar refractivity (Wildman–Crippen MR) is 84.3 cm³/mol. The van der Waals surface area contributed by atoms with Crippen molar-refractivity contribution in [1.29, 1.82) is 0 Å². The van der Waals surface area contributed by atoms with Crippen molar-refractivity contribution in [3.05, 3.63) is 28.5 Å². The van der Waals surface area contributed by atoms with Crippen LogP contribution in [0.5, 0.6) is 0 Å². The van der Waals surface area contributed by atoms with E-state index in [1.807, 2.05) is 17.5 Å². The van der Waals surface area contributed by atoms with Gasteiger partial charge in [0.05, 0.1) is 5.69 Å². The molecule has 0 saturated heterocycles. The number of nitrogens with two attached hydrogens (primary N) is 2. The second kappa shape index (κ2) is 5.06. The van der Waals surface area contributed by atoms with Gasteiger partial charge in [0.25, 0.3) is 5.91 Å². The van der Waals surface area contributed by atoms with Crippen LogP contribution in [0, 0.1) is 0 Å². The molecule has 0 aliphatic carbocycles. The topological polar surface area (TPSA) is 102 Å². The fourth-order valence-electron chi connectivity index (χ4n) is 1.95. The molecule has 3 rings (SSSR count). The summed E-state index contributed by atoms with van der Waals surface area (Å²) in [6, 6.07) is 5.63. The lowest BCUT2D eigenvalue weighted by molar-refractivity contribution is 0.100. The van der Waals surface area contributed by atoms with Gasteiger partial charge in [-0.15, -0.1) is 22.7 Å². The third-order valence-corrected chi connectivity index (χ3v) is 5.19. The first-order chi connectivity index (χ1) is 9.61. The van der Waals surface area contributed by atoms with Gasteiger partial charge in [-0.1, -0.05) is 6.07 Å². The molecule has 0 radical (unpaired) electrons. The van der Waals surface area contributed by atoms with Crippen molar-refractivity contribution in [2.24, 2.45) is 5.73 Å². The van der Waals surface area contributed by atoms with Crippen molar-refractivity contribution >= 4 is 56.5 Å². The molecule has 3 aromatic rings. The third kappa shape index (κ3) is 2.06. The molecular formula is C12H9N3O2S3. The largest absolute Gasteiger partial charge is 0.397 e. The first-order valence-corrected chi connectivity index (χ1v) is 7.97. The number of nitrogen functional groups attached to an aromatic ring is 1. The van der Waals surface area contributed by atoms with E-state index in [0.29, 0.717) is 37.8 Å². The Morgan fingerprint density at radius 1 is 1.45 bits per heavy atom. The standard InChI is InChI=1S/C12H9N3O2S3/c13-9-8-5(6-2-1-3-18-6)4-7(20-17)15-12(8)19-10(9)11(14)16/h1-4,17H,13H2,(H2,14,16). The second-order valence-corrected chi connectivity index (χ2v) is 6.51. The Morgan fingerprint density at radius 2 is 2.25 bits per heavy atom. The molecule has 0 aromatic carbocycles. The van der Waals surface area contributed by atoms with Crippen molar-refractivity contribution in [1.82, 2.24) is 4.98 Å². The van der Waals surface area contributed by atoms with Crippen molar-refractivity contribution in [3.8, 4) is 10.4 Å². The summed E-state index contributed by atoms with van der Waals surface area (Å²) in [5.74, 6) is -0.569. The van der Waals surface area contributed by atoms with E-state index in [9.17, 15) is 9.35 Å². The minimum atomic E-state index is -0.569. The molecule has 0 bridgehead atoms. The van der Waals surface area contributed by atoms with Crippen LogP contribution < -0.4 is 11.5 Å². The van der Waals surface area contributed by atoms with Crippen LogP contribution >= 0.6 is 34.7 Å². The highest BCUT2D eigenvalue weighted by Gasteiger charge is 2.20. The molecule has 0 aliphatic rings. The number of nitrogens with zero attached hydrogens (tertiary/aromatic N) is 1. The first kappa shape index (κ1) is 13.4. The number of hydrogen-bond acceptors (Lipinski definition) is 7. The van der Waals surface area contributed by atoms with Gasteiger partial charge in [-0.25, -0.2) is 4.98 Å². The number of primary amides is 1. The SMILES string of the molecule is NC(=O)c1sc2nc(SO)cc(-c3cccs3)c2c1N. The zero-order chi connectivity index (χ0) is 14.3. The third-order valence-electron chi connectivity index (χ3n) is 2.78. The molecule has 5 nitrogen and oxygen atoms in total. The number of aromatic nitrogens is 1. The molecule has 0 fully saturated rings. The predicted octanol–water partition coefficient (Wildman–Crippen LogP) is 3.27. The number of anilines is 1. The smallest absolute Gasteiger partial charge is 0.260 e. The van der Waals surface area contributed by atoms with E-state index in [-0.39, 0.29) is 0 Å². The van der Waals surface area contributed by atoms with Crippen LogP contribution in [0.1, 0.15) is 9.67 Å². The molecule has 8 heteroatoms. The van der Waals surface area contributed by atoms with E-state index >= 15 is 0 Å². The van der Waals surface area contributed by atoms with Gasteiger partial charge in [-0.2, -0.15) is 0 Å². The van der Waals surface area contributed by atoms with Gasteiger partial charge in [0, 0.05) is 27.9 Å². The average Bonchev–Trinajstić information content (AvgIpc) is 3.06. The quantitative estimate of drug-likeness (QED) is 0.642. The molecule has 1 amide bonds. The lowest BCUT2D eigenvalue weighted by Gasteiger charge is -2.04. The van der Waals surface area contributed by atoms with E-state index in [0.717, 1.165) is 21.8 Å². The maximum atomic E-state index is 11.4. The maximum absolute atomic E-state index is 11.4. The fourth-order valence-corrected chi connectivity index (χ4v) is 4.04. The summed E-state index contributed by atoms with van der Waals surface area (Å²) in [4.78, 5) is 17.6. The zero-order valence-electron chi connectivity index (χ0n) is 9.99. The highest BCUT2D eigenvalue weighted by atomic mass is 32.2. The summed E-state index contributed by atoms with van der Waals surface area (Å²) in [6.45, 7) is 0. The van der Waals surface area contributed by atoms with Crippen molar-refractivity contribution in [2.75, 3.05) is 5.73 Å². The lowest BCUT2D eigenvalue weighted by Crippen LogP contribution is -2.10. The summed E-state index contributed by atoms with van der Waals surface area (Å²) in [5.41, 5.74) is 12.6. The summed E-state index contributed by atoms with van der Waals surface area (Å²) in [6.07, 6.45) is 0. The van der Waals surface area contributed by atoms with Crippen LogP contribution in [0.25, 0.3) is 20.7 Å². The Labute approximate surface area is 126 Å². The molecule has 0 saturated carbocycles. The van der Waals surface area contributed by atoms with E-state index in [4.69, 9.17) is 11.5 Å². The molecule has 0 aliphatic heterocycles. The van der Waals surface area contributed by atoms with E-state index in [1.165, 1.54) is 0 Å². The van der Waals surface area contributed by atoms with Crippen LogP contribution in [0.2, 0.25) is 0 Å². The second-order valence-electron chi connectivity index (χ2n) is 3.97. The molecule has 20 heavy (non-hydrogen) atoms. The number of pyridine rings is 1. The number of rotatable bonds is 3. The van der Waals surface area contributed by atoms with Crippen LogP contribution in [-0.2, 0) is 0 Å². The number of fused-ring (bicyclic) bond motifs is 1. The highest BCUT2D eigenvalue weighted by Crippen LogP contribution is 2.41. The Balaban J connectivity index is 2.39. The van der Waals surface area contributed by atoms with Gasteiger partial charge in [0.15, 0.2) is 0 Å². The summed E-state index contributed by atoms with van der Waals surface area (Å²) in [5, 5.41) is 3.12. The van der Waals surface area contributed by atoms with Crippen molar-refractivity contribution in [3.63, 3.8) is 0 Å². The molecule has 3 heterocycles. The molecule has 5 N–H and O–H groups in total. The molecular weight excluding hydrogens is 314 g/mol. The van der Waals surface area contributed by atoms with Gasteiger partial charge >= 0.3 is 0 Å². The lowest BCUT2D eigenvalue weighted by atomic mass is 10.1. The highest BCUT2D eigenvalue weighted by molar-refractivity contribution is 7.93. The zero-order valence-corrected chi connectivity index (χ0v) is 12.4. The minimum Gasteiger partial charge on any atom is -0.397 e. The fraction of sp³-hybridized carbons (Fsp3) is 0. The van der Waals surface area contributed by atoms with Gasteiger partial charge < -0.3 is 16.0 Å². The molecule has 0 atom stereocenters. The van der Waals surface area contributed by atoms with Crippen LogP contribution in [0.3, 0.4) is 0 Å². The number of amides is 1. The Hall–Kier alpha value is -1.61. The molecule has 102 valence electrons. The average molecular weight is 323 g/mol. The number of carbonyl (C=O) groups is 1. The van der Waals surface area contributed by atoms with Gasteiger partial charge in [0.1, 0.15) is 14.7 Å². The first-order valence-electron chi connectivity index (χ1n) is 5.50. The summed E-state index contributed by atoms with van der Waals surface area (Å²) >= 11 is 3.25. The number of hydrogen-bond donors (Lipinski definition) is 3. The minimum absolute atomic E-state index is 0.297. The summed E-state index contributed by atoms with van der Waals surface area (Å²) in [7, 11) is 0. The van der Waals surface area contributed by atoms with Crippen molar-refractivity contribution < 1.29 is 9.35 Å². The molecule has 0 spiro atoms. The normalized spacial score (nSPS) is 11.1. The monoisotopic (exact) mass is 323 g/mol. The van der Waals surface area contributed by atoms with Gasteiger partial charge in [0.2, 0.25) is 0 Å². The van der Waals surface area contributed by atoms with E-state index in [1.54, 1.807) is 17.4 Å². The van der Waals surface area contributed by atoms with Gasteiger partial charge in [-0.05, 0) is 17.5 Å². The molecule has 3 aromatic heterocycles. The Morgan fingerprint density at radius 3 is 2.85 bits per heavy atom. The Kier molecular flexibility index (Phi) is 3.38.